The van der Waals surface area contributed by atoms with Crippen molar-refractivity contribution in [1.29, 1.82) is 0 Å². The average Bonchev–Trinajstić information content (AvgIpc) is 3.54. The van der Waals surface area contributed by atoms with Gasteiger partial charge in [-0.25, -0.2) is 0 Å². The van der Waals surface area contributed by atoms with Crippen molar-refractivity contribution < 1.29 is 24.2 Å². The molecule has 3 heterocycles. The third-order valence-electron chi connectivity index (χ3n) is 8.65. The molecular formula is C30H46N4O5. The van der Waals surface area contributed by atoms with Gasteiger partial charge in [-0.05, 0) is 62.3 Å². The monoisotopic (exact) mass is 542 g/mol. The standard InChI is InChI=1S/C30H46N4O5/c1-2-3-14-32(16-7-5-13-31)28(36)21-34-20-24(22-9-10-26-23(19-22)12-18-39-26)29(30(37)38)25(34)11-17-33-15-6-4-8-27(33)35/h9-10,19,24-25,29H,2-8,11-18,20-21,31H2,1H3,(H,37,38)/t24-,25+,29-/m1/s1. The predicted octanol–water partition coefficient (Wildman–Crippen LogP) is 2.86. The van der Waals surface area contributed by atoms with E-state index in [-0.39, 0.29) is 30.3 Å². The van der Waals surface area contributed by atoms with Gasteiger partial charge in [-0.15, -0.1) is 0 Å². The van der Waals surface area contributed by atoms with Gasteiger partial charge in [-0.3, -0.25) is 19.3 Å². The zero-order chi connectivity index (χ0) is 27.8. The van der Waals surface area contributed by atoms with Crippen molar-refractivity contribution in [2.24, 2.45) is 11.7 Å². The predicted molar refractivity (Wildman–Crippen MR) is 150 cm³/mol. The third-order valence-corrected chi connectivity index (χ3v) is 8.65. The minimum atomic E-state index is -0.840. The molecule has 9 nitrogen and oxygen atoms in total. The second-order valence-corrected chi connectivity index (χ2v) is 11.3. The van der Waals surface area contributed by atoms with E-state index in [0.29, 0.717) is 52.2 Å². The molecule has 0 unspecified atom stereocenters. The summed E-state index contributed by atoms with van der Waals surface area (Å²) in [4.78, 5) is 44.8. The Morgan fingerprint density at radius 1 is 1.15 bits per heavy atom. The molecule has 39 heavy (non-hydrogen) atoms. The van der Waals surface area contributed by atoms with Crippen LogP contribution in [0.4, 0.5) is 0 Å². The van der Waals surface area contributed by atoms with Crippen molar-refractivity contribution in [2.45, 2.75) is 76.7 Å². The number of carbonyl (C=O) groups excluding carboxylic acids is 2. The fourth-order valence-corrected chi connectivity index (χ4v) is 6.44. The Morgan fingerprint density at radius 3 is 2.72 bits per heavy atom. The molecule has 1 aromatic carbocycles. The van der Waals surface area contributed by atoms with Crippen LogP contribution in [0, 0.1) is 5.92 Å². The number of rotatable bonds is 14. The first-order chi connectivity index (χ1) is 18.9. The second kappa shape index (κ2) is 14.1. The van der Waals surface area contributed by atoms with E-state index >= 15 is 0 Å². The lowest BCUT2D eigenvalue weighted by Gasteiger charge is -2.32. The number of amides is 2. The number of carboxylic acids is 1. The number of carboxylic acid groups (broad SMARTS) is 1. The summed E-state index contributed by atoms with van der Waals surface area (Å²) < 4.78 is 5.68. The molecule has 0 saturated carbocycles. The van der Waals surface area contributed by atoms with Crippen LogP contribution in [0.2, 0.25) is 0 Å². The molecule has 2 saturated heterocycles. The maximum Gasteiger partial charge on any atom is 0.308 e. The SMILES string of the molecule is CCCCN(CCCCN)C(=O)CN1C[C@H](c2ccc3c(c2)CCO3)[C@@H](C(=O)O)[C@@H]1CCN1CCCCC1=O. The molecule has 3 N–H and O–H groups in total. The Bertz CT molecular complexity index is 1000. The second-order valence-electron chi connectivity index (χ2n) is 11.3. The Balaban J connectivity index is 1.56. The van der Waals surface area contributed by atoms with Crippen LogP contribution >= 0.6 is 0 Å². The van der Waals surface area contributed by atoms with Crippen LogP contribution in [0.15, 0.2) is 18.2 Å². The number of hydrogen-bond donors (Lipinski definition) is 2. The summed E-state index contributed by atoms with van der Waals surface area (Å²) in [5.74, 6) is -0.655. The van der Waals surface area contributed by atoms with Gasteiger partial charge >= 0.3 is 5.97 Å². The van der Waals surface area contributed by atoms with E-state index < -0.39 is 11.9 Å². The average molecular weight is 543 g/mol. The summed E-state index contributed by atoms with van der Waals surface area (Å²) in [5, 5.41) is 10.5. The van der Waals surface area contributed by atoms with Crippen LogP contribution in [0.25, 0.3) is 0 Å². The maximum absolute atomic E-state index is 13.6. The van der Waals surface area contributed by atoms with Gasteiger partial charge in [0.25, 0.3) is 0 Å². The Hall–Kier alpha value is -2.65. The quantitative estimate of drug-likeness (QED) is 0.347. The zero-order valence-corrected chi connectivity index (χ0v) is 23.5. The lowest BCUT2D eigenvalue weighted by molar-refractivity contribution is -0.144. The van der Waals surface area contributed by atoms with Gasteiger partial charge in [0, 0.05) is 57.5 Å². The highest BCUT2D eigenvalue weighted by Gasteiger charge is 2.47. The molecule has 9 heteroatoms. The van der Waals surface area contributed by atoms with E-state index in [1.807, 2.05) is 21.9 Å². The van der Waals surface area contributed by atoms with Crippen molar-refractivity contribution in [1.82, 2.24) is 14.7 Å². The summed E-state index contributed by atoms with van der Waals surface area (Å²) in [6, 6.07) is 5.71. The van der Waals surface area contributed by atoms with E-state index in [1.165, 1.54) is 0 Å². The number of benzene rings is 1. The van der Waals surface area contributed by atoms with Gasteiger partial charge in [0.15, 0.2) is 0 Å². The van der Waals surface area contributed by atoms with Gasteiger partial charge in [0.05, 0.1) is 19.1 Å². The van der Waals surface area contributed by atoms with Crippen LogP contribution in [0.5, 0.6) is 5.75 Å². The van der Waals surface area contributed by atoms with E-state index in [9.17, 15) is 19.5 Å². The molecule has 4 rings (SSSR count). The van der Waals surface area contributed by atoms with Crippen LogP contribution in [0.1, 0.15) is 75.3 Å². The topological polar surface area (TPSA) is 116 Å². The summed E-state index contributed by atoms with van der Waals surface area (Å²) in [6.07, 6.45) is 7.50. The molecule has 0 radical (unpaired) electrons. The first-order valence-corrected chi connectivity index (χ1v) is 14.9. The van der Waals surface area contributed by atoms with Gasteiger partial charge in [0.2, 0.25) is 11.8 Å². The smallest absolute Gasteiger partial charge is 0.308 e. The Labute approximate surface area is 232 Å². The van der Waals surface area contributed by atoms with E-state index in [4.69, 9.17) is 10.5 Å². The third kappa shape index (κ3) is 7.31. The first-order valence-electron chi connectivity index (χ1n) is 14.9. The van der Waals surface area contributed by atoms with Crippen LogP contribution in [-0.4, -0.2) is 96.1 Å². The minimum absolute atomic E-state index is 0.0478. The number of piperidine rings is 1. The largest absolute Gasteiger partial charge is 0.493 e. The number of unbranched alkanes of at least 4 members (excludes halogenated alkanes) is 2. The fraction of sp³-hybridized carbons (Fsp3) is 0.700. The summed E-state index contributed by atoms with van der Waals surface area (Å²) in [7, 11) is 0. The Kier molecular flexibility index (Phi) is 10.6. The summed E-state index contributed by atoms with van der Waals surface area (Å²) >= 11 is 0. The number of nitrogens with two attached hydrogens (primary N) is 1. The number of fused-ring (bicyclic) bond motifs is 1. The molecule has 0 aromatic heterocycles. The van der Waals surface area contributed by atoms with Crippen LogP contribution in [0.3, 0.4) is 0 Å². The minimum Gasteiger partial charge on any atom is -0.493 e. The van der Waals surface area contributed by atoms with Gasteiger partial charge in [-0.2, -0.15) is 0 Å². The number of aliphatic carboxylic acids is 1. The molecule has 0 bridgehead atoms. The van der Waals surface area contributed by atoms with Crippen molar-refractivity contribution in [3.63, 3.8) is 0 Å². The highest BCUT2D eigenvalue weighted by Crippen LogP contribution is 2.41. The molecular weight excluding hydrogens is 496 g/mol. The van der Waals surface area contributed by atoms with Crippen LogP contribution < -0.4 is 10.5 Å². The van der Waals surface area contributed by atoms with E-state index in [2.05, 4.69) is 17.9 Å². The van der Waals surface area contributed by atoms with E-state index in [0.717, 1.165) is 68.4 Å². The zero-order valence-electron chi connectivity index (χ0n) is 23.5. The molecule has 0 spiro atoms. The highest BCUT2D eigenvalue weighted by molar-refractivity contribution is 5.79. The molecule has 3 aliphatic heterocycles. The van der Waals surface area contributed by atoms with Crippen molar-refractivity contribution in [2.75, 3.05) is 52.4 Å². The van der Waals surface area contributed by atoms with Gasteiger partial charge in [0.1, 0.15) is 5.75 Å². The number of carbonyl (C=O) groups is 3. The molecule has 216 valence electrons. The van der Waals surface area contributed by atoms with Crippen molar-refractivity contribution in [3.05, 3.63) is 29.3 Å². The molecule has 1 aromatic rings. The number of likely N-dealkylation sites (tertiary alicyclic amines) is 2. The number of ether oxygens (including phenoxy) is 1. The molecule has 3 atom stereocenters. The van der Waals surface area contributed by atoms with Crippen LogP contribution in [-0.2, 0) is 20.8 Å². The summed E-state index contributed by atoms with van der Waals surface area (Å²) in [5.41, 5.74) is 7.80. The molecule has 2 amide bonds. The molecule has 0 aliphatic carbocycles. The number of nitrogens with zero attached hydrogens (tertiary/aromatic N) is 3. The normalized spacial score (nSPS) is 23.1. The lowest BCUT2D eigenvalue weighted by Crippen LogP contribution is -2.46. The lowest BCUT2D eigenvalue weighted by atomic mass is 9.83. The first kappa shape index (κ1) is 29.3. The van der Waals surface area contributed by atoms with Crippen molar-refractivity contribution in [3.8, 4) is 5.75 Å². The maximum atomic E-state index is 13.6. The highest BCUT2D eigenvalue weighted by atomic mass is 16.5. The van der Waals surface area contributed by atoms with E-state index in [1.54, 1.807) is 0 Å². The van der Waals surface area contributed by atoms with Gasteiger partial charge in [-0.1, -0.05) is 25.5 Å². The molecule has 2 fully saturated rings. The summed E-state index contributed by atoms with van der Waals surface area (Å²) in [6.45, 7) is 6.70. The van der Waals surface area contributed by atoms with Gasteiger partial charge < -0.3 is 25.4 Å². The number of hydrogen-bond acceptors (Lipinski definition) is 6. The Morgan fingerprint density at radius 2 is 1.97 bits per heavy atom. The fourth-order valence-electron chi connectivity index (χ4n) is 6.44. The molecule has 3 aliphatic rings. The van der Waals surface area contributed by atoms with Crippen molar-refractivity contribution >= 4 is 17.8 Å².